The lowest BCUT2D eigenvalue weighted by Crippen LogP contribution is -2.29. The molecular formula is C14H19FN2O. The number of Topliss-reactive ketones (excluding diaryl/α,β-unsaturated/α-hetero) is 1. The molecule has 1 saturated heterocycles. The first-order valence-electron chi connectivity index (χ1n) is 6.36. The van der Waals surface area contributed by atoms with Gasteiger partial charge in [0.1, 0.15) is 5.82 Å². The van der Waals surface area contributed by atoms with E-state index in [-0.39, 0.29) is 18.0 Å². The molecule has 1 atom stereocenters. The third kappa shape index (κ3) is 3.37. The van der Waals surface area contributed by atoms with E-state index in [0.29, 0.717) is 24.6 Å². The second-order valence-electron chi connectivity index (χ2n) is 4.93. The van der Waals surface area contributed by atoms with Crippen LogP contribution in [0.5, 0.6) is 0 Å². The molecule has 0 aliphatic carbocycles. The Kier molecular flexibility index (Phi) is 4.44. The summed E-state index contributed by atoms with van der Waals surface area (Å²) in [4.78, 5) is 14.0. The predicted molar refractivity (Wildman–Crippen MR) is 68.7 cm³/mol. The van der Waals surface area contributed by atoms with Gasteiger partial charge in [0.15, 0.2) is 5.78 Å². The molecule has 0 radical (unpaired) electrons. The first-order chi connectivity index (χ1) is 8.69. The number of rotatable bonds is 5. The molecule has 0 aromatic heterocycles. The highest BCUT2D eigenvalue weighted by Gasteiger charge is 2.22. The fourth-order valence-corrected chi connectivity index (χ4v) is 2.41. The molecule has 0 bridgehead atoms. The van der Waals surface area contributed by atoms with Crippen LogP contribution < -0.4 is 5.73 Å². The van der Waals surface area contributed by atoms with Crippen molar-refractivity contribution in [2.45, 2.75) is 12.8 Å². The fourth-order valence-electron chi connectivity index (χ4n) is 2.41. The Bertz CT molecular complexity index is 422. The maximum atomic E-state index is 13.4. The van der Waals surface area contributed by atoms with Crippen molar-refractivity contribution in [3.05, 3.63) is 35.6 Å². The van der Waals surface area contributed by atoms with E-state index in [1.807, 2.05) is 0 Å². The van der Waals surface area contributed by atoms with E-state index >= 15 is 0 Å². The quantitative estimate of drug-likeness (QED) is 0.854. The highest BCUT2D eigenvalue weighted by Crippen LogP contribution is 2.15. The van der Waals surface area contributed by atoms with Crippen LogP contribution in [0.15, 0.2) is 24.3 Å². The average molecular weight is 250 g/mol. The van der Waals surface area contributed by atoms with Crippen LogP contribution in [0.3, 0.4) is 0 Å². The largest absolute Gasteiger partial charge is 0.330 e. The van der Waals surface area contributed by atoms with Crippen molar-refractivity contribution in [2.24, 2.45) is 11.7 Å². The molecule has 1 aromatic rings. The Labute approximate surface area is 107 Å². The predicted octanol–water partition coefficient (Wildman–Crippen LogP) is 1.22. The molecule has 2 N–H and O–H groups in total. The summed E-state index contributed by atoms with van der Waals surface area (Å²) in [5.41, 5.74) is 6.09. The molecule has 0 amide bonds. The lowest BCUT2D eigenvalue weighted by Gasteiger charge is -2.14. The van der Waals surface area contributed by atoms with E-state index in [0.717, 1.165) is 19.5 Å². The Morgan fingerprint density at radius 3 is 2.89 bits per heavy atom. The first kappa shape index (κ1) is 13.2. The Morgan fingerprint density at radius 2 is 2.22 bits per heavy atom. The topological polar surface area (TPSA) is 46.3 Å². The van der Waals surface area contributed by atoms with Crippen molar-refractivity contribution in [3.8, 4) is 0 Å². The van der Waals surface area contributed by atoms with E-state index in [1.54, 1.807) is 18.2 Å². The molecule has 1 aliphatic rings. The molecule has 3 nitrogen and oxygen atoms in total. The van der Waals surface area contributed by atoms with Crippen LogP contribution in [0.1, 0.15) is 12.0 Å². The number of hydrogen-bond donors (Lipinski definition) is 1. The molecular weight excluding hydrogens is 231 g/mol. The van der Waals surface area contributed by atoms with Gasteiger partial charge < -0.3 is 5.73 Å². The van der Waals surface area contributed by atoms with Crippen LogP contribution in [0.4, 0.5) is 4.39 Å². The monoisotopic (exact) mass is 250 g/mol. The Hall–Kier alpha value is -1.26. The molecule has 1 aliphatic heterocycles. The molecule has 1 unspecified atom stereocenters. The molecule has 98 valence electrons. The summed E-state index contributed by atoms with van der Waals surface area (Å²) in [5, 5.41) is 0. The SMILES string of the molecule is NCC1CCN(CC(=O)Cc2ccccc2F)C1. The molecule has 1 heterocycles. The van der Waals surface area contributed by atoms with E-state index in [9.17, 15) is 9.18 Å². The average Bonchev–Trinajstić information content (AvgIpc) is 2.80. The third-order valence-electron chi connectivity index (χ3n) is 3.45. The van der Waals surface area contributed by atoms with E-state index < -0.39 is 0 Å². The lowest BCUT2D eigenvalue weighted by molar-refractivity contribution is -0.119. The molecule has 4 heteroatoms. The molecule has 1 fully saturated rings. The van der Waals surface area contributed by atoms with Gasteiger partial charge in [0, 0.05) is 13.0 Å². The lowest BCUT2D eigenvalue weighted by atomic mass is 10.1. The molecule has 2 rings (SSSR count). The van der Waals surface area contributed by atoms with Crippen molar-refractivity contribution < 1.29 is 9.18 Å². The number of carbonyl (C=O) groups is 1. The minimum atomic E-state index is -0.299. The van der Waals surface area contributed by atoms with E-state index in [4.69, 9.17) is 5.73 Å². The second kappa shape index (κ2) is 6.07. The molecule has 0 saturated carbocycles. The van der Waals surface area contributed by atoms with Gasteiger partial charge in [-0.05, 0) is 37.1 Å². The summed E-state index contributed by atoms with van der Waals surface area (Å²) < 4.78 is 13.4. The summed E-state index contributed by atoms with van der Waals surface area (Å²) >= 11 is 0. The minimum Gasteiger partial charge on any atom is -0.330 e. The first-order valence-corrected chi connectivity index (χ1v) is 6.36. The number of benzene rings is 1. The number of hydrogen-bond acceptors (Lipinski definition) is 3. The number of nitrogens with two attached hydrogens (primary N) is 1. The van der Waals surface area contributed by atoms with Crippen LogP contribution in [-0.2, 0) is 11.2 Å². The standard InChI is InChI=1S/C14H19FN2O/c15-14-4-2-1-3-12(14)7-13(18)10-17-6-5-11(8-16)9-17/h1-4,11H,5-10,16H2. The second-order valence-corrected chi connectivity index (χ2v) is 4.93. The number of ketones is 1. The third-order valence-corrected chi connectivity index (χ3v) is 3.45. The van der Waals surface area contributed by atoms with Crippen molar-refractivity contribution in [1.82, 2.24) is 4.90 Å². The van der Waals surface area contributed by atoms with Gasteiger partial charge in [-0.2, -0.15) is 0 Å². The number of likely N-dealkylation sites (tertiary alicyclic amines) is 1. The maximum absolute atomic E-state index is 13.4. The van der Waals surface area contributed by atoms with Crippen LogP contribution in [0, 0.1) is 11.7 Å². The zero-order valence-electron chi connectivity index (χ0n) is 10.4. The smallest absolute Gasteiger partial charge is 0.151 e. The summed E-state index contributed by atoms with van der Waals surface area (Å²) in [6, 6.07) is 6.45. The normalized spacial score (nSPS) is 20.2. The molecule has 1 aromatic carbocycles. The van der Waals surface area contributed by atoms with Crippen molar-refractivity contribution in [2.75, 3.05) is 26.2 Å². The van der Waals surface area contributed by atoms with Crippen molar-refractivity contribution in [3.63, 3.8) is 0 Å². The van der Waals surface area contributed by atoms with Crippen LogP contribution in [0.2, 0.25) is 0 Å². The van der Waals surface area contributed by atoms with E-state index in [1.165, 1.54) is 6.07 Å². The van der Waals surface area contributed by atoms with Gasteiger partial charge in [-0.3, -0.25) is 9.69 Å². The maximum Gasteiger partial charge on any atom is 0.151 e. The van der Waals surface area contributed by atoms with Crippen molar-refractivity contribution >= 4 is 5.78 Å². The van der Waals surface area contributed by atoms with Crippen LogP contribution >= 0.6 is 0 Å². The van der Waals surface area contributed by atoms with Gasteiger partial charge in [0.2, 0.25) is 0 Å². The highest BCUT2D eigenvalue weighted by atomic mass is 19.1. The number of halogens is 1. The van der Waals surface area contributed by atoms with E-state index in [2.05, 4.69) is 4.90 Å². The highest BCUT2D eigenvalue weighted by molar-refractivity contribution is 5.82. The van der Waals surface area contributed by atoms with Gasteiger partial charge in [-0.1, -0.05) is 18.2 Å². The van der Waals surface area contributed by atoms with Gasteiger partial charge >= 0.3 is 0 Å². The van der Waals surface area contributed by atoms with Gasteiger partial charge in [0.05, 0.1) is 6.54 Å². The van der Waals surface area contributed by atoms with Gasteiger partial charge in [0.25, 0.3) is 0 Å². The Balaban J connectivity index is 1.84. The summed E-state index contributed by atoms with van der Waals surface area (Å²) in [7, 11) is 0. The van der Waals surface area contributed by atoms with Crippen LogP contribution in [0.25, 0.3) is 0 Å². The van der Waals surface area contributed by atoms with Crippen molar-refractivity contribution in [1.29, 1.82) is 0 Å². The summed E-state index contributed by atoms with van der Waals surface area (Å²) in [6.07, 6.45) is 1.24. The molecule has 18 heavy (non-hydrogen) atoms. The fraction of sp³-hybridized carbons (Fsp3) is 0.500. The summed E-state index contributed by atoms with van der Waals surface area (Å²) in [5.74, 6) is 0.274. The van der Waals surface area contributed by atoms with Gasteiger partial charge in [-0.25, -0.2) is 4.39 Å². The molecule has 0 spiro atoms. The Morgan fingerprint density at radius 1 is 1.44 bits per heavy atom. The number of nitrogens with zero attached hydrogens (tertiary/aromatic N) is 1. The zero-order chi connectivity index (χ0) is 13.0. The zero-order valence-corrected chi connectivity index (χ0v) is 10.4. The minimum absolute atomic E-state index is 0.0674. The van der Waals surface area contributed by atoms with Crippen LogP contribution in [-0.4, -0.2) is 36.9 Å². The summed E-state index contributed by atoms with van der Waals surface area (Å²) in [6.45, 7) is 2.90. The number of carbonyl (C=O) groups excluding carboxylic acids is 1. The van der Waals surface area contributed by atoms with Gasteiger partial charge in [-0.15, -0.1) is 0 Å².